The lowest BCUT2D eigenvalue weighted by molar-refractivity contribution is 0.563. The molecule has 1 aromatic heterocycles. The first-order chi connectivity index (χ1) is 9.83. The van der Waals surface area contributed by atoms with Gasteiger partial charge in [0.05, 0.1) is 0 Å². The maximum atomic E-state index is 11.1. The molecule has 114 valence electrons. The van der Waals surface area contributed by atoms with Crippen LogP contribution in [0.25, 0.3) is 0 Å². The molecule has 3 nitrogen and oxygen atoms in total. The Hall–Kier alpha value is -0.770. The zero-order valence-corrected chi connectivity index (χ0v) is 13.5. The number of rotatable bonds is 12. The van der Waals surface area contributed by atoms with Gasteiger partial charge < -0.3 is 4.98 Å². The van der Waals surface area contributed by atoms with Gasteiger partial charge in [-0.05, 0) is 6.42 Å². The third-order valence-electron chi connectivity index (χ3n) is 3.38. The van der Waals surface area contributed by atoms with E-state index in [1.54, 1.807) is 18.0 Å². The van der Waals surface area contributed by atoms with E-state index in [0.717, 1.165) is 10.9 Å². The lowest BCUT2D eigenvalue weighted by Crippen LogP contribution is -2.05. The van der Waals surface area contributed by atoms with Gasteiger partial charge in [0.1, 0.15) is 0 Å². The SMILES string of the molecule is CCCCCCCCCCCCSc1nccc(=O)[nH]1. The minimum Gasteiger partial charge on any atom is -0.301 e. The summed E-state index contributed by atoms with van der Waals surface area (Å²) < 4.78 is 0. The first kappa shape index (κ1) is 17.3. The molecule has 0 amide bonds. The van der Waals surface area contributed by atoms with Gasteiger partial charge in [-0.1, -0.05) is 76.5 Å². The number of hydrogen-bond donors (Lipinski definition) is 1. The molecular formula is C16H28N2OS. The van der Waals surface area contributed by atoms with E-state index < -0.39 is 0 Å². The molecule has 0 aliphatic carbocycles. The number of H-pyrrole nitrogens is 1. The summed E-state index contributed by atoms with van der Waals surface area (Å²) >= 11 is 1.65. The fraction of sp³-hybridized carbons (Fsp3) is 0.750. The van der Waals surface area contributed by atoms with Gasteiger partial charge in [-0.15, -0.1) is 0 Å². The average Bonchev–Trinajstić information content (AvgIpc) is 2.45. The lowest BCUT2D eigenvalue weighted by atomic mass is 10.1. The summed E-state index contributed by atoms with van der Waals surface area (Å²) in [5, 5.41) is 0.744. The van der Waals surface area contributed by atoms with Gasteiger partial charge in [0.15, 0.2) is 5.16 Å². The van der Waals surface area contributed by atoms with Crippen LogP contribution >= 0.6 is 11.8 Å². The second-order valence-corrected chi connectivity index (χ2v) is 6.35. The molecular weight excluding hydrogens is 268 g/mol. The maximum Gasteiger partial charge on any atom is 0.251 e. The normalized spacial score (nSPS) is 10.8. The van der Waals surface area contributed by atoms with Gasteiger partial charge in [0, 0.05) is 18.0 Å². The number of aromatic amines is 1. The average molecular weight is 296 g/mol. The van der Waals surface area contributed by atoms with E-state index in [9.17, 15) is 4.79 Å². The second-order valence-electron chi connectivity index (χ2n) is 5.27. The summed E-state index contributed by atoms with van der Waals surface area (Å²) in [6.07, 6.45) is 15.1. The molecule has 20 heavy (non-hydrogen) atoms. The molecule has 0 unspecified atom stereocenters. The fourth-order valence-electron chi connectivity index (χ4n) is 2.18. The van der Waals surface area contributed by atoms with Crippen LogP contribution in [0.3, 0.4) is 0 Å². The zero-order valence-electron chi connectivity index (χ0n) is 12.7. The van der Waals surface area contributed by atoms with Crippen molar-refractivity contribution in [3.8, 4) is 0 Å². The monoisotopic (exact) mass is 296 g/mol. The van der Waals surface area contributed by atoms with E-state index in [-0.39, 0.29) is 5.56 Å². The first-order valence-corrected chi connectivity index (χ1v) is 8.99. The van der Waals surface area contributed by atoms with Crippen LogP contribution in [0.15, 0.2) is 22.2 Å². The summed E-state index contributed by atoms with van der Waals surface area (Å²) in [6.45, 7) is 2.26. The van der Waals surface area contributed by atoms with Gasteiger partial charge in [0.25, 0.3) is 5.56 Å². The van der Waals surface area contributed by atoms with Crippen LogP contribution in [0.2, 0.25) is 0 Å². The maximum absolute atomic E-state index is 11.1. The quantitative estimate of drug-likeness (QED) is 0.343. The van der Waals surface area contributed by atoms with Crippen LogP contribution in [0.4, 0.5) is 0 Å². The molecule has 0 saturated heterocycles. The van der Waals surface area contributed by atoms with Crippen molar-refractivity contribution in [3.05, 3.63) is 22.6 Å². The highest BCUT2D eigenvalue weighted by atomic mass is 32.2. The Kier molecular flexibility index (Phi) is 10.4. The van der Waals surface area contributed by atoms with E-state index in [2.05, 4.69) is 16.9 Å². The highest BCUT2D eigenvalue weighted by molar-refractivity contribution is 7.99. The number of aromatic nitrogens is 2. The fourth-order valence-corrected chi connectivity index (χ4v) is 3.03. The summed E-state index contributed by atoms with van der Waals surface area (Å²) in [5.74, 6) is 1.05. The van der Waals surface area contributed by atoms with Crippen molar-refractivity contribution >= 4 is 11.8 Å². The number of nitrogens with zero attached hydrogens (tertiary/aromatic N) is 1. The molecule has 0 atom stereocenters. The number of hydrogen-bond acceptors (Lipinski definition) is 3. The standard InChI is InChI=1S/C16H28N2OS/c1-2-3-4-5-6-7-8-9-10-11-14-20-16-17-13-12-15(19)18-16/h12-13H,2-11,14H2,1H3,(H,17,18,19). The predicted octanol–water partition coefficient (Wildman–Crippen LogP) is 4.78. The Balaban J connectivity index is 1.86. The van der Waals surface area contributed by atoms with Crippen LogP contribution < -0.4 is 5.56 Å². The Morgan fingerprint density at radius 1 is 1.00 bits per heavy atom. The minimum atomic E-state index is -0.0643. The van der Waals surface area contributed by atoms with Crippen molar-refractivity contribution in [2.24, 2.45) is 0 Å². The summed E-state index contributed by atoms with van der Waals surface area (Å²) in [5.41, 5.74) is -0.0643. The highest BCUT2D eigenvalue weighted by Crippen LogP contribution is 2.15. The van der Waals surface area contributed by atoms with Crippen molar-refractivity contribution in [1.29, 1.82) is 0 Å². The van der Waals surface area contributed by atoms with Gasteiger partial charge in [-0.25, -0.2) is 4.98 Å². The van der Waals surface area contributed by atoms with Crippen molar-refractivity contribution < 1.29 is 0 Å². The predicted molar refractivity (Wildman–Crippen MR) is 87.4 cm³/mol. The Bertz CT molecular complexity index is 392. The Morgan fingerprint density at radius 2 is 1.60 bits per heavy atom. The molecule has 0 saturated carbocycles. The van der Waals surface area contributed by atoms with E-state index >= 15 is 0 Å². The molecule has 0 aliphatic heterocycles. The molecule has 0 aromatic carbocycles. The Morgan fingerprint density at radius 3 is 2.20 bits per heavy atom. The largest absolute Gasteiger partial charge is 0.301 e. The van der Waals surface area contributed by atoms with Crippen LogP contribution in [-0.4, -0.2) is 15.7 Å². The first-order valence-electron chi connectivity index (χ1n) is 8.01. The number of thioether (sulfide) groups is 1. The van der Waals surface area contributed by atoms with Crippen LogP contribution in [0.1, 0.15) is 71.1 Å². The molecule has 4 heteroatoms. The summed E-state index contributed by atoms with van der Waals surface area (Å²) in [6, 6.07) is 1.45. The molecule has 0 radical (unpaired) electrons. The van der Waals surface area contributed by atoms with Crippen LogP contribution in [-0.2, 0) is 0 Å². The number of unbranched alkanes of at least 4 members (excludes halogenated alkanes) is 9. The zero-order chi connectivity index (χ0) is 14.5. The molecule has 0 spiro atoms. The highest BCUT2D eigenvalue weighted by Gasteiger charge is 1.97. The molecule has 0 aliphatic rings. The molecule has 0 fully saturated rings. The molecule has 1 heterocycles. The van der Waals surface area contributed by atoms with Crippen LogP contribution in [0, 0.1) is 0 Å². The lowest BCUT2D eigenvalue weighted by Gasteiger charge is -2.02. The van der Waals surface area contributed by atoms with E-state index in [1.807, 2.05) is 0 Å². The van der Waals surface area contributed by atoms with E-state index in [1.165, 1.54) is 70.3 Å². The minimum absolute atomic E-state index is 0.0643. The van der Waals surface area contributed by atoms with Crippen LogP contribution in [0.5, 0.6) is 0 Å². The van der Waals surface area contributed by atoms with Gasteiger partial charge in [0.2, 0.25) is 0 Å². The van der Waals surface area contributed by atoms with Crippen molar-refractivity contribution in [2.45, 2.75) is 76.3 Å². The summed E-state index contributed by atoms with van der Waals surface area (Å²) in [7, 11) is 0. The Labute approximate surface area is 127 Å². The van der Waals surface area contributed by atoms with Gasteiger partial charge in [-0.2, -0.15) is 0 Å². The topological polar surface area (TPSA) is 45.8 Å². The molecule has 1 N–H and O–H groups in total. The third-order valence-corrected chi connectivity index (χ3v) is 4.36. The summed E-state index contributed by atoms with van der Waals surface area (Å²) in [4.78, 5) is 18.0. The number of nitrogens with one attached hydrogen (secondary N) is 1. The van der Waals surface area contributed by atoms with E-state index in [4.69, 9.17) is 0 Å². The van der Waals surface area contributed by atoms with Crippen molar-refractivity contribution in [1.82, 2.24) is 9.97 Å². The second kappa shape index (κ2) is 12.0. The van der Waals surface area contributed by atoms with Gasteiger partial charge >= 0.3 is 0 Å². The van der Waals surface area contributed by atoms with Crippen molar-refractivity contribution in [3.63, 3.8) is 0 Å². The molecule has 1 rings (SSSR count). The molecule has 1 aromatic rings. The third kappa shape index (κ3) is 9.18. The van der Waals surface area contributed by atoms with E-state index in [0.29, 0.717) is 0 Å². The van der Waals surface area contributed by atoms with Gasteiger partial charge in [-0.3, -0.25) is 4.79 Å². The smallest absolute Gasteiger partial charge is 0.251 e. The van der Waals surface area contributed by atoms with Crippen molar-refractivity contribution in [2.75, 3.05) is 5.75 Å². The molecule has 0 bridgehead atoms.